The van der Waals surface area contributed by atoms with Crippen LogP contribution < -0.4 is 10.7 Å². The quantitative estimate of drug-likeness (QED) is 0.670. The van der Waals surface area contributed by atoms with E-state index in [4.69, 9.17) is 4.42 Å². The highest BCUT2D eigenvalue weighted by Gasteiger charge is 2.09. The monoisotopic (exact) mass is 301 g/mol. The molecule has 1 aromatic heterocycles. The lowest BCUT2D eigenvalue weighted by Crippen LogP contribution is -2.18. The van der Waals surface area contributed by atoms with Gasteiger partial charge < -0.3 is 14.5 Å². The minimum atomic E-state index is -0.651. The van der Waals surface area contributed by atoms with Crippen molar-refractivity contribution < 1.29 is 18.7 Å². The van der Waals surface area contributed by atoms with Crippen LogP contribution in [-0.2, 0) is 4.74 Å². The van der Waals surface area contributed by atoms with Crippen molar-refractivity contribution in [1.29, 1.82) is 0 Å². The third kappa shape index (κ3) is 3.95. The van der Waals surface area contributed by atoms with E-state index in [-0.39, 0.29) is 11.7 Å². The number of methoxy groups -OCH3 is 1. The molecule has 0 atom stereocenters. The Kier molecular flexibility index (Phi) is 4.92. The Hall–Kier alpha value is -3.09. The summed E-state index contributed by atoms with van der Waals surface area (Å²) in [4.78, 5) is 22.9. The fourth-order valence-corrected chi connectivity index (χ4v) is 1.66. The lowest BCUT2D eigenvalue weighted by atomic mass is 10.1. The molecule has 0 aliphatic rings. The van der Waals surface area contributed by atoms with E-state index in [0.717, 1.165) is 5.56 Å². The van der Waals surface area contributed by atoms with Gasteiger partial charge in [0, 0.05) is 5.69 Å². The Morgan fingerprint density at radius 3 is 2.73 bits per heavy atom. The molecule has 1 heterocycles. The van der Waals surface area contributed by atoms with Crippen molar-refractivity contribution in [2.45, 2.75) is 6.92 Å². The number of ether oxygens (including phenoxy) is 1. The zero-order valence-corrected chi connectivity index (χ0v) is 12.1. The van der Waals surface area contributed by atoms with Gasteiger partial charge in [0.15, 0.2) is 5.76 Å². The van der Waals surface area contributed by atoms with Crippen LogP contribution in [0.5, 0.6) is 0 Å². The maximum atomic E-state index is 11.9. The highest BCUT2D eigenvalue weighted by Crippen LogP contribution is 2.13. The number of nitrogens with zero attached hydrogens (tertiary/aromatic N) is 1. The molecule has 7 nitrogen and oxygen atoms in total. The number of hydrogen-bond donors (Lipinski definition) is 2. The molecule has 0 radical (unpaired) electrons. The van der Waals surface area contributed by atoms with Gasteiger partial charge in [0.25, 0.3) is 5.91 Å². The van der Waals surface area contributed by atoms with E-state index in [1.165, 1.54) is 13.4 Å². The molecule has 114 valence electrons. The van der Waals surface area contributed by atoms with Crippen LogP contribution in [-0.4, -0.2) is 24.8 Å². The fourth-order valence-electron chi connectivity index (χ4n) is 1.66. The van der Waals surface area contributed by atoms with Crippen molar-refractivity contribution in [2.75, 3.05) is 12.4 Å². The predicted octanol–water partition coefficient (Wildman–Crippen LogP) is 2.61. The van der Waals surface area contributed by atoms with Gasteiger partial charge in [0.05, 0.1) is 19.1 Å². The molecule has 2 N–H and O–H groups in total. The van der Waals surface area contributed by atoms with Crippen LogP contribution in [0, 0.1) is 0 Å². The highest BCUT2D eigenvalue weighted by molar-refractivity contribution is 6.04. The van der Waals surface area contributed by atoms with Gasteiger partial charge in [-0.25, -0.2) is 10.2 Å². The number of carbonyl (C=O) groups excluding carboxylic acids is 2. The Morgan fingerprint density at radius 2 is 2.05 bits per heavy atom. The average Bonchev–Trinajstić information content (AvgIpc) is 3.07. The van der Waals surface area contributed by atoms with Crippen LogP contribution in [0.2, 0.25) is 0 Å². The van der Waals surface area contributed by atoms with Gasteiger partial charge in [-0.2, -0.15) is 5.10 Å². The van der Waals surface area contributed by atoms with E-state index in [9.17, 15) is 9.59 Å². The number of hydrogen-bond acceptors (Lipinski definition) is 5. The first-order chi connectivity index (χ1) is 10.6. The SMILES string of the molecule is COC(=O)N/N=C(\C)c1cccc(NC(=O)c2ccco2)c1. The van der Waals surface area contributed by atoms with Gasteiger partial charge in [-0.15, -0.1) is 0 Å². The van der Waals surface area contributed by atoms with Crippen LogP contribution in [0.25, 0.3) is 0 Å². The van der Waals surface area contributed by atoms with E-state index in [1.807, 2.05) is 0 Å². The summed E-state index contributed by atoms with van der Waals surface area (Å²) in [5.41, 5.74) is 4.14. The topological polar surface area (TPSA) is 92.9 Å². The third-order valence-electron chi connectivity index (χ3n) is 2.78. The molecule has 1 aromatic carbocycles. The lowest BCUT2D eigenvalue weighted by molar-refractivity contribution is 0.0996. The molecule has 0 aliphatic carbocycles. The number of benzene rings is 1. The summed E-state index contributed by atoms with van der Waals surface area (Å²) in [7, 11) is 1.25. The number of anilines is 1. The maximum absolute atomic E-state index is 11.9. The minimum Gasteiger partial charge on any atom is -0.459 e. The molecule has 0 fully saturated rings. The van der Waals surface area contributed by atoms with Gasteiger partial charge in [-0.1, -0.05) is 12.1 Å². The second-order valence-corrected chi connectivity index (χ2v) is 4.31. The van der Waals surface area contributed by atoms with Crippen molar-refractivity contribution in [2.24, 2.45) is 5.10 Å². The molecule has 22 heavy (non-hydrogen) atoms. The van der Waals surface area contributed by atoms with Crippen LogP contribution >= 0.6 is 0 Å². The normalized spacial score (nSPS) is 10.9. The van der Waals surface area contributed by atoms with Crippen LogP contribution in [0.1, 0.15) is 23.0 Å². The largest absolute Gasteiger partial charge is 0.459 e. The number of furan rings is 1. The molecule has 0 aliphatic heterocycles. The van der Waals surface area contributed by atoms with Crippen LogP contribution in [0.4, 0.5) is 10.5 Å². The molecule has 2 rings (SSSR count). The van der Waals surface area contributed by atoms with Crippen molar-refractivity contribution >= 4 is 23.4 Å². The van der Waals surface area contributed by atoms with Gasteiger partial charge in [-0.3, -0.25) is 4.79 Å². The minimum absolute atomic E-state index is 0.225. The molecular formula is C15H15N3O4. The predicted molar refractivity (Wildman–Crippen MR) is 80.9 cm³/mol. The second-order valence-electron chi connectivity index (χ2n) is 4.31. The summed E-state index contributed by atoms with van der Waals surface area (Å²) in [6.45, 7) is 1.73. The zero-order valence-electron chi connectivity index (χ0n) is 12.1. The molecule has 2 amide bonds. The van der Waals surface area contributed by atoms with E-state index in [0.29, 0.717) is 11.4 Å². The number of rotatable bonds is 4. The van der Waals surface area contributed by atoms with E-state index in [2.05, 4.69) is 20.6 Å². The molecule has 2 aromatic rings. The van der Waals surface area contributed by atoms with Gasteiger partial charge in [-0.05, 0) is 36.8 Å². The zero-order chi connectivity index (χ0) is 15.9. The smallest absolute Gasteiger partial charge is 0.427 e. The van der Waals surface area contributed by atoms with Gasteiger partial charge in [0.1, 0.15) is 0 Å². The van der Waals surface area contributed by atoms with Crippen molar-refractivity contribution in [3.05, 3.63) is 54.0 Å². The number of amides is 2. The fraction of sp³-hybridized carbons (Fsp3) is 0.133. The Labute approximate surface area is 127 Å². The Bertz CT molecular complexity index is 693. The number of nitrogens with one attached hydrogen (secondary N) is 2. The first kappa shape index (κ1) is 15.3. The summed E-state index contributed by atoms with van der Waals surface area (Å²) in [6.07, 6.45) is 0.780. The van der Waals surface area contributed by atoms with Gasteiger partial charge in [0.2, 0.25) is 0 Å². The maximum Gasteiger partial charge on any atom is 0.427 e. The lowest BCUT2D eigenvalue weighted by Gasteiger charge is -2.06. The molecule has 7 heteroatoms. The molecule has 0 bridgehead atoms. The molecular weight excluding hydrogens is 286 g/mol. The molecule has 0 unspecified atom stereocenters. The first-order valence-electron chi connectivity index (χ1n) is 6.43. The molecule has 0 spiro atoms. The molecule has 0 saturated heterocycles. The van der Waals surface area contributed by atoms with Crippen molar-refractivity contribution in [3.63, 3.8) is 0 Å². The van der Waals surface area contributed by atoms with Crippen molar-refractivity contribution in [3.8, 4) is 0 Å². The van der Waals surface area contributed by atoms with Crippen LogP contribution in [0.3, 0.4) is 0 Å². The summed E-state index contributed by atoms with van der Waals surface area (Å²) < 4.78 is 9.45. The van der Waals surface area contributed by atoms with E-state index >= 15 is 0 Å². The van der Waals surface area contributed by atoms with Crippen LogP contribution in [0.15, 0.2) is 52.2 Å². The summed E-state index contributed by atoms with van der Waals surface area (Å²) in [5, 5.41) is 6.61. The number of hydrazone groups is 1. The molecule has 0 saturated carbocycles. The second kappa shape index (κ2) is 7.07. The average molecular weight is 301 g/mol. The summed E-state index contributed by atoms with van der Waals surface area (Å²) in [6, 6.07) is 10.3. The standard InChI is InChI=1S/C15H15N3O4/c1-10(17-18-15(20)21-2)11-5-3-6-12(9-11)16-14(19)13-7-4-8-22-13/h3-9H,1-2H3,(H,16,19)(H,18,20)/b17-10+. The first-order valence-corrected chi connectivity index (χ1v) is 6.43. The summed E-state index contributed by atoms with van der Waals surface area (Å²) >= 11 is 0. The number of carbonyl (C=O) groups is 2. The van der Waals surface area contributed by atoms with Crippen molar-refractivity contribution in [1.82, 2.24) is 5.43 Å². The van der Waals surface area contributed by atoms with E-state index < -0.39 is 6.09 Å². The van der Waals surface area contributed by atoms with E-state index in [1.54, 1.807) is 43.3 Å². The Balaban J connectivity index is 2.09. The Morgan fingerprint density at radius 1 is 1.23 bits per heavy atom. The summed E-state index contributed by atoms with van der Waals surface area (Å²) in [5.74, 6) is -0.118. The third-order valence-corrected chi connectivity index (χ3v) is 2.78. The highest BCUT2D eigenvalue weighted by atomic mass is 16.5. The van der Waals surface area contributed by atoms with Gasteiger partial charge >= 0.3 is 6.09 Å².